The predicted octanol–water partition coefficient (Wildman–Crippen LogP) is 0.899. The molecule has 0 rings (SSSR count). The van der Waals surface area contributed by atoms with Crippen LogP contribution in [0.1, 0.15) is 12.8 Å². The highest BCUT2D eigenvalue weighted by Crippen LogP contribution is 2.35. The van der Waals surface area contributed by atoms with Gasteiger partial charge in [0, 0.05) is 40.2 Å². The van der Waals surface area contributed by atoms with Crippen molar-refractivity contribution in [3.05, 3.63) is 0 Å². The van der Waals surface area contributed by atoms with Crippen LogP contribution in [0.5, 0.6) is 0 Å². The molecule has 0 aliphatic heterocycles. The van der Waals surface area contributed by atoms with Crippen molar-refractivity contribution in [1.29, 1.82) is 0 Å². The minimum absolute atomic E-state index is 0.0540. The minimum Gasteiger partial charge on any atom is -0.377 e. The first-order valence-electron chi connectivity index (χ1n) is 6.62. The molecule has 0 saturated carbocycles. The summed E-state index contributed by atoms with van der Waals surface area (Å²) in [5, 5.41) is 0. The Morgan fingerprint density at radius 2 is 1.45 bits per heavy atom. The molecule has 0 aliphatic carbocycles. The van der Waals surface area contributed by atoms with Crippen LogP contribution < -0.4 is 0 Å². The van der Waals surface area contributed by atoms with E-state index in [1.807, 2.05) is 0 Å². The molecule has 20 heavy (non-hydrogen) atoms. The molecule has 0 bridgehead atoms. The first-order chi connectivity index (χ1) is 9.10. The quantitative estimate of drug-likeness (QED) is 0.333. The molecule has 9 heteroatoms. The summed E-state index contributed by atoms with van der Waals surface area (Å²) >= 11 is 0. The molecule has 0 aromatic rings. The SMILES string of the molecule is CO[Si](CCC[N+](C)(C)CCCP(=O)(O)O)(OC)OC. The van der Waals surface area contributed by atoms with Gasteiger partial charge in [-0.3, -0.25) is 4.57 Å². The van der Waals surface area contributed by atoms with Crippen molar-refractivity contribution in [2.75, 3.05) is 54.7 Å². The van der Waals surface area contributed by atoms with Gasteiger partial charge < -0.3 is 27.5 Å². The van der Waals surface area contributed by atoms with Gasteiger partial charge in [0.25, 0.3) is 0 Å². The summed E-state index contributed by atoms with van der Waals surface area (Å²) in [5.74, 6) is 0. The van der Waals surface area contributed by atoms with Gasteiger partial charge >= 0.3 is 16.4 Å². The molecule has 2 N–H and O–H groups in total. The smallest absolute Gasteiger partial charge is 0.377 e. The van der Waals surface area contributed by atoms with Crippen molar-refractivity contribution in [2.24, 2.45) is 0 Å². The number of quaternary nitrogens is 1. The monoisotopic (exact) mass is 330 g/mol. The molecule has 0 heterocycles. The lowest BCUT2D eigenvalue weighted by atomic mass is 10.3. The Kier molecular flexibility index (Phi) is 8.69. The largest absolute Gasteiger partial charge is 0.500 e. The van der Waals surface area contributed by atoms with E-state index in [2.05, 4.69) is 14.1 Å². The zero-order valence-corrected chi connectivity index (χ0v) is 15.1. The molecule has 7 nitrogen and oxygen atoms in total. The second kappa shape index (κ2) is 8.60. The molecule has 0 saturated heterocycles. The lowest BCUT2D eigenvalue weighted by molar-refractivity contribution is -0.890. The van der Waals surface area contributed by atoms with Crippen LogP contribution in [0.15, 0.2) is 0 Å². The van der Waals surface area contributed by atoms with E-state index < -0.39 is 16.4 Å². The normalized spacial score (nSPS) is 13.8. The maximum atomic E-state index is 10.8. The Labute approximate surface area is 123 Å². The van der Waals surface area contributed by atoms with Crippen molar-refractivity contribution in [3.8, 4) is 0 Å². The standard InChI is InChI=1S/C11H28NO6PSi/c1-12(2,8-6-10-19(13,14)15)9-7-11-20(16-3,17-4)18-5/h6-11H2,1-5H3,(H-,13,14,15)/p+1. The highest BCUT2D eigenvalue weighted by atomic mass is 31.2. The van der Waals surface area contributed by atoms with Crippen LogP contribution >= 0.6 is 7.60 Å². The summed E-state index contributed by atoms with van der Waals surface area (Å²) < 4.78 is 27.6. The van der Waals surface area contributed by atoms with Gasteiger partial charge in [0.2, 0.25) is 0 Å². The molecular weight excluding hydrogens is 301 g/mol. The maximum Gasteiger partial charge on any atom is 0.500 e. The lowest BCUT2D eigenvalue weighted by Gasteiger charge is -2.31. The van der Waals surface area contributed by atoms with E-state index in [1.165, 1.54) is 0 Å². The molecule has 0 unspecified atom stereocenters. The highest BCUT2D eigenvalue weighted by molar-refractivity contribution is 7.51. The second-order valence-corrected chi connectivity index (χ2v) is 10.4. The number of hydrogen-bond donors (Lipinski definition) is 2. The van der Waals surface area contributed by atoms with Crippen LogP contribution in [0.4, 0.5) is 0 Å². The first-order valence-corrected chi connectivity index (χ1v) is 10.3. The molecule has 0 radical (unpaired) electrons. The molecular formula is C11H29NO6PSi+. The van der Waals surface area contributed by atoms with Gasteiger partial charge in [-0.2, -0.15) is 0 Å². The topological polar surface area (TPSA) is 85.2 Å². The van der Waals surface area contributed by atoms with Gasteiger partial charge in [0.05, 0.1) is 33.3 Å². The fourth-order valence-electron chi connectivity index (χ4n) is 2.10. The summed E-state index contributed by atoms with van der Waals surface area (Å²) in [4.78, 5) is 17.7. The summed E-state index contributed by atoms with van der Waals surface area (Å²) in [6.45, 7) is 1.61. The van der Waals surface area contributed by atoms with E-state index in [-0.39, 0.29) is 6.16 Å². The molecule has 0 aromatic heterocycles. The zero-order chi connectivity index (χ0) is 15.9. The molecule has 0 amide bonds. The fraction of sp³-hybridized carbons (Fsp3) is 1.00. The van der Waals surface area contributed by atoms with Crippen LogP contribution in [0.3, 0.4) is 0 Å². The summed E-state index contributed by atoms with van der Waals surface area (Å²) in [6.07, 6.45) is 1.34. The van der Waals surface area contributed by atoms with Gasteiger partial charge in [0.1, 0.15) is 0 Å². The number of rotatable bonds is 11. The van der Waals surface area contributed by atoms with Crippen molar-refractivity contribution in [2.45, 2.75) is 18.9 Å². The third kappa shape index (κ3) is 8.48. The van der Waals surface area contributed by atoms with E-state index in [9.17, 15) is 4.57 Å². The Morgan fingerprint density at radius 1 is 1.00 bits per heavy atom. The first kappa shape index (κ1) is 20.2. The van der Waals surface area contributed by atoms with Crippen LogP contribution in [0, 0.1) is 0 Å². The van der Waals surface area contributed by atoms with E-state index in [0.717, 1.165) is 25.6 Å². The average Bonchev–Trinajstić information content (AvgIpc) is 2.33. The number of nitrogens with zero attached hydrogens (tertiary/aromatic N) is 1. The average molecular weight is 330 g/mol. The Balaban J connectivity index is 4.12. The Morgan fingerprint density at radius 3 is 1.85 bits per heavy atom. The lowest BCUT2D eigenvalue weighted by Crippen LogP contribution is -2.46. The zero-order valence-electron chi connectivity index (χ0n) is 13.2. The fourth-order valence-corrected chi connectivity index (χ4v) is 4.35. The van der Waals surface area contributed by atoms with E-state index in [1.54, 1.807) is 21.3 Å². The van der Waals surface area contributed by atoms with Crippen LogP contribution in [-0.4, -0.2) is 77.8 Å². The van der Waals surface area contributed by atoms with Crippen molar-refractivity contribution in [3.63, 3.8) is 0 Å². The minimum atomic E-state index is -3.88. The van der Waals surface area contributed by atoms with Gasteiger partial charge in [-0.05, 0) is 0 Å². The van der Waals surface area contributed by atoms with E-state index in [4.69, 9.17) is 23.1 Å². The second-order valence-electron chi connectivity index (χ2n) is 5.52. The van der Waals surface area contributed by atoms with Crippen LogP contribution in [0.2, 0.25) is 6.04 Å². The van der Waals surface area contributed by atoms with Crippen molar-refractivity contribution < 1.29 is 32.1 Å². The van der Waals surface area contributed by atoms with Crippen molar-refractivity contribution >= 4 is 16.4 Å². The summed E-state index contributed by atoms with van der Waals surface area (Å²) in [6, 6.07) is 0.733. The van der Waals surface area contributed by atoms with Gasteiger partial charge in [-0.1, -0.05) is 0 Å². The third-order valence-electron chi connectivity index (χ3n) is 3.39. The van der Waals surface area contributed by atoms with Crippen molar-refractivity contribution in [1.82, 2.24) is 0 Å². The molecule has 0 spiro atoms. The van der Waals surface area contributed by atoms with Gasteiger partial charge in [-0.25, -0.2) is 0 Å². The van der Waals surface area contributed by atoms with E-state index >= 15 is 0 Å². The molecule has 0 aromatic carbocycles. The van der Waals surface area contributed by atoms with Gasteiger partial charge in [0.15, 0.2) is 0 Å². The molecule has 122 valence electrons. The van der Waals surface area contributed by atoms with Gasteiger partial charge in [-0.15, -0.1) is 0 Å². The summed E-state index contributed by atoms with van der Waals surface area (Å²) in [7, 11) is 2.50. The Hall–Kier alpha value is 0.207. The van der Waals surface area contributed by atoms with Crippen LogP contribution in [-0.2, 0) is 17.8 Å². The molecule has 0 aliphatic rings. The third-order valence-corrected chi connectivity index (χ3v) is 7.12. The molecule has 0 fully saturated rings. The van der Waals surface area contributed by atoms with E-state index in [0.29, 0.717) is 10.9 Å². The van der Waals surface area contributed by atoms with Crippen LogP contribution in [0.25, 0.3) is 0 Å². The Bertz CT molecular complexity index is 310. The summed E-state index contributed by atoms with van der Waals surface area (Å²) in [5.41, 5.74) is 0. The maximum absolute atomic E-state index is 10.8. The highest BCUT2D eigenvalue weighted by Gasteiger charge is 2.37. The predicted molar refractivity (Wildman–Crippen MR) is 79.6 cm³/mol. The molecule has 0 atom stereocenters. The number of hydrogen-bond acceptors (Lipinski definition) is 4.